The van der Waals surface area contributed by atoms with Crippen molar-refractivity contribution < 1.29 is 4.79 Å². The fraction of sp³-hybridized carbons (Fsp3) is 0.588. The molecule has 1 atom stereocenters. The highest BCUT2D eigenvalue weighted by Crippen LogP contribution is 2.41. The first-order valence-electron chi connectivity index (χ1n) is 7.79. The van der Waals surface area contributed by atoms with E-state index in [0.29, 0.717) is 6.54 Å². The molecule has 1 aromatic carbocycles. The molecule has 1 heterocycles. The van der Waals surface area contributed by atoms with Gasteiger partial charge in [0, 0.05) is 18.3 Å². The number of anilines is 1. The lowest BCUT2D eigenvalue weighted by Crippen LogP contribution is -2.51. The quantitative estimate of drug-likeness (QED) is 0.900. The summed E-state index contributed by atoms with van der Waals surface area (Å²) in [6.07, 6.45) is 6.37. The van der Waals surface area contributed by atoms with Crippen molar-refractivity contribution in [3.8, 4) is 0 Å². The molecule has 0 spiro atoms. The Balaban J connectivity index is 1.93. The Kier molecular flexibility index (Phi) is 3.55. The van der Waals surface area contributed by atoms with Crippen LogP contribution in [0.25, 0.3) is 0 Å². The number of carbonyl (C=O) groups is 1. The zero-order valence-corrected chi connectivity index (χ0v) is 12.3. The highest BCUT2D eigenvalue weighted by molar-refractivity contribution is 6.00. The van der Waals surface area contributed by atoms with Crippen LogP contribution in [-0.4, -0.2) is 18.5 Å². The van der Waals surface area contributed by atoms with Crippen LogP contribution in [-0.2, 0) is 11.2 Å². The molecule has 0 aromatic heterocycles. The summed E-state index contributed by atoms with van der Waals surface area (Å²) in [7, 11) is 0. The van der Waals surface area contributed by atoms with Gasteiger partial charge in [0.25, 0.3) is 0 Å². The van der Waals surface area contributed by atoms with Crippen LogP contribution in [0.1, 0.15) is 44.6 Å². The number of hydrogen-bond donors (Lipinski definition) is 1. The molecule has 1 aromatic rings. The molecule has 1 unspecified atom stereocenters. The molecule has 3 rings (SSSR count). The third kappa shape index (κ3) is 2.05. The van der Waals surface area contributed by atoms with Crippen molar-refractivity contribution in [1.82, 2.24) is 0 Å². The molecule has 108 valence electrons. The highest BCUT2D eigenvalue weighted by Gasteiger charge is 2.44. The summed E-state index contributed by atoms with van der Waals surface area (Å²) in [5.74, 6) is 0.261. The number of fused-ring (bicyclic) bond motifs is 1. The summed E-state index contributed by atoms with van der Waals surface area (Å²) in [5.41, 5.74) is 8.10. The Labute approximate surface area is 121 Å². The van der Waals surface area contributed by atoms with Crippen molar-refractivity contribution in [3.63, 3.8) is 0 Å². The molecule has 20 heavy (non-hydrogen) atoms. The van der Waals surface area contributed by atoms with Crippen LogP contribution in [0, 0.1) is 5.41 Å². The molecule has 1 saturated carbocycles. The molecule has 2 N–H and O–H groups in total. The number of nitrogens with two attached hydrogens (primary N) is 1. The van der Waals surface area contributed by atoms with Crippen LogP contribution < -0.4 is 10.6 Å². The van der Waals surface area contributed by atoms with Gasteiger partial charge in [-0.25, -0.2) is 0 Å². The van der Waals surface area contributed by atoms with E-state index in [1.54, 1.807) is 0 Å². The summed E-state index contributed by atoms with van der Waals surface area (Å²) >= 11 is 0. The molecule has 0 saturated heterocycles. The molecule has 0 radical (unpaired) electrons. The van der Waals surface area contributed by atoms with Gasteiger partial charge in [-0.05, 0) is 37.8 Å². The summed E-state index contributed by atoms with van der Waals surface area (Å²) in [6.45, 7) is 2.63. The van der Waals surface area contributed by atoms with Gasteiger partial charge in [0.1, 0.15) is 0 Å². The molecule has 3 nitrogen and oxygen atoms in total. The third-order valence-electron chi connectivity index (χ3n) is 5.08. The molecule has 1 aliphatic heterocycles. The lowest BCUT2D eigenvalue weighted by atomic mass is 9.73. The van der Waals surface area contributed by atoms with Crippen LogP contribution in [0.5, 0.6) is 0 Å². The standard InChI is InChI=1S/C17H24N2O/c1-13-11-14-7-3-4-8-15(14)19(13)16(20)17(12-18)9-5-2-6-10-17/h3-4,7-8,13H,2,5-6,9-12,18H2,1H3. The van der Waals surface area contributed by atoms with E-state index in [0.717, 1.165) is 37.8 Å². The van der Waals surface area contributed by atoms with Crippen LogP contribution in [0.4, 0.5) is 5.69 Å². The van der Waals surface area contributed by atoms with E-state index in [-0.39, 0.29) is 17.4 Å². The molecular formula is C17H24N2O. The van der Waals surface area contributed by atoms with Gasteiger partial charge in [-0.3, -0.25) is 4.79 Å². The molecular weight excluding hydrogens is 248 g/mol. The Hall–Kier alpha value is -1.35. The van der Waals surface area contributed by atoms with E-state index in [4.69, 9.17) is 5.73 Å². The number of rotatable bonds is 2. The van der Waals surface area contributed by atoms with Crippen molar-refractivity contribution in [2.24, 2.45) is 11.1 Å². The van der Waals surface area contributed by atoms with Gasteiger partial charge >= 0.3 is 0 Å². The van der Waals surface area contributed by atoms with E-state index < -0.39 is 0 Å². The van der Waals surface area contributed by atoms with Crippen molar-refractivity contribution in [3.05, 3.63) is 29.8 Å². The van der Waals surface area contributed by atoms with Crippen LogP contribution in [0.2, 0.25) is 0 Å². The molecule has 2 aliphatic rings. The van der Waals surface area contributed by atoms with Gasteiger partial charge in [-0.2, -0.15) is 0 Å². The maximum Gasteiger partial charge on any atom is 0.234 e. The van der Waals surface area contributed by atoms with Crippen molar-refractivity contribution >= 4 is 11.6 Å². The second-order valence-corrected chi connectivity index (χ2v) is 6.40. The van der Waals surface area contributed by atoms with E-state index in [9.17, 15) is 4.79 Å². The second kappa shape index (κ2) is 5.21. The van der Waals surface area contributed by atoms with Crippen molar-refractivity contribution in [1.29, 1.82) is 0 Å². The van der Waals surface area contributed by atoms with E-state index in [1.807, 2.05) is 11.0 Å². The fourth-order valence-corrected chi connectivity index (χ4v) is 3.86. The molecule has 0 bridgehead atoms. The maximum atomic E-state index is 13.2. The predicted octanol–water partition coefficient (Wildman–Crippen LogP) is 2.87. The number of amides is 1. The molecule has 1 fully saturated rings. The first-order chi connectivity index (χ1) is 9.68. The average molecular weight is 272 g/mol. The first-order valence-corrected chi connectivity index (χ1v) is 7.79. The van der Waals surface area contributed by atoms with Gasteiger partial charge < -0.3 is 10.6 Å². The molecule has 3 heteroatoms. The molecule has 1 aliphatic carbocycles. The number of carbonyl (C=O) groups excluding carboxylic acids is 1. The van der Waals surface area contributed by atoms with Gasteiger partial charge in [0.2, 0.25) is 5.91 Å². The maximum absolute atomic E-state index is 13.2. The fourth-order valence-electron chi connectivity index (χ4n) is 3.86. The summed E-state index contributed by atoms with van der Waals surface area (Å²) in [6, 6.07) is 8.54. The smallest absolute Gasteiger partial charge is 0.234 e. The van der Waals surface area contributed by atoms with Gasteiger partial charge in [0.15, 0.2) is 0 Å². The predicted molar refractivity (Wildman–Crippen MR) is 81.7 cm³/mol. The Morgan fingerprint density at radius 1 is 1.30 bits per heavy atom. The lowest BCUT2D eigenvalue weighted by molar-refractivity contribution is -0.129. The lowest BCUT2D eigenvalue weighted by Gasteiger charge is -2.39. The summed E-state index contributed by atoms with van der Waals surface area (Å²) in [4.78, 5) is 15.2. The highest BCUT2D eigenvalue weighted by atomic mass is 16.2. The number of para-hydroxylation sites is 1. The largest absolute Gasteiger partial charge is 0.329 e. The number of nitrogens with zero attached hydrogens (tertiary/aromatic N) is 1. The third-order valence-corrected chi connectivity index (χ3v) is 5.08. The number of benzene rings is 1. The summed E-state index contributed by atoms with van der Waals surface area (Å²) < 4.78 is 0. The number of hydrogen-bond acceptors (Lipinski definition) is 2. The first kappa shape index (κ1) is 13.6. The monoisotopic (exact) mass is 272 g/mol. The van der Waals surface area contributed by atoms with Gasteiger partial charge in [0.05, 0.1) is 5.41 Å². The summed E-state index contributed by atoms with van der Waals surface area (Å²) in [5, 5.41) is 0. The Bertz CT molecular complexity index is 505. The SMILES string of the molecule is CC1Cc2ccccc2N1C(=O)C1(CN)CCCCC1. The van der Waals surface area contributed by atoms with Crippen molar-refractivity contribution in [2.75, 3.05) is 11.4 Å². The zero-order chi connectivity index (χ0) is 14.2. The minimum absolute atomic E-state index is 0.255. The minimum atomic E-state index is -0.316. The Morgan fingerprint density at radius 2 is 2.00 bits per heavy atom. The second-order valence-electron chi connectivity index (χ2n) is 6.40. The topological polar surface area (TPSA) is 46.3 Å². The average Bonchev–Trinajstić information content (AvgIpc) is 2.83. The van der Waals surface area contributed by atoms with Gasteiger partial charge in [-0.1, -0.05) is 37.5 Å². The van der Waals surface area contributed by atoms with Gasteiger partial charge in [-0.15, -0.1) is 0 Å². The van der Waals surface area contributed by atoms with E-state index in [1.165, 1.54) is 12.0 Å². The van der Waals surface area contributed by atoms with E-state index in [2.05, 4.69) is 25.1 Å². The van der Waals surface area contributed by atoms with Crippen LogP contribution in [0.15, 0.2) is 24.3 Å². The van der Waals surface area contributed by atoms with Crippen LogP contribution >= 0.6 is 0 Å². The normalized spacial score (nSPS) is 24.5. The minimum Gasteiger partial charge on any atom is -0.329 e. The van der Waals surface area contributed by atoms with Crippen LogP contribution in [0.3, 0.4) is 0 Å². The van der Waals surface area contributed by atoms with Crippen molar-refractivity contribution in [2.45, 2.75) is 51.5 Å². The van der Waals surface area contributed by atoms with E-state index >= 15 is 0 Å². The molecule has 1 amide bonds. The Morgan fingerprint density at radius 3 is 2.70 bits per heavy atom. The zero-order valence-electron chi connectivity index (χ0n) is 12.3.